The lowest BCUT2D eigenvalue weighted by molar-refractivity contribution is -0.389. The summed E-state index contributed by atoms with van der Waals surface area (Å²) >= 11 is 0. The van der Waals surface area contributed by atoms with E-state index in [2.05, 4.69) is 9.72 Å². The minimum atomic E-state index is -0.545. The highest BCUT2D eigenvalue weighted by molar-refractivity contribution is 5.89. The molecule has 0 saturated heterocycles. The molecule has 1 aromatic heterocycles. The Morgan fingerprint density at radius 2 is 2.11 bits per heavy atom. The number of nitrogens with zero attached hydrogens (tertiary/aromatic N) is 3. The molecule has 0 amide bonds. The number of rotatable bonds is 4. The third-order valence-corrected chi connectivity index (χ3v) is 2.55. The summed E-state index contributed by atoms with van der Waals surface area (Å²) in [6.45, 7) is 0.447. The van der Waals surface area contributed by atoms with Crippen molar-refractivity contribution in [2.45, 2.75) is 6.54 Å². The van der Waals surface area contributed by atoms with E-state index in [-0.39, 0.29) is 5.82 Å². The quantitative estimate of drug-likeness (QED) is 0.474. The molecule has 0 fully saturated rings. The third kappa shape index (κ3) is 2.95. The number of hydrogen-bond acceptors (Lipinski definition) is 5. The predicted octanol–water partition coefficient (Wildman–Crippen LogP) is 1.63. The maximum Gasteiger partial charge on any atom is 0.381 e. The highest BCUT2D eigenvalue weighted by atomic mass is 16.6. The molecule has 98 valence electrons. The lowest BCUT2D eigenvalue weighted by Gasteiger charge is -2.03. The van der Waals surface area contributed by atoms with E-state index in [9.17, 15) is 14.9 Å². The molecule has 0 aliphatic heterocycles. The molecule has 0 bridgehead atoms. The first-order valence-electron chi connectivity index (χ1n) is 5.43. The van der Waals surface area contributed by atoms with Crippen molar-refractivity contribution in [3.63, 3.8) is 0 Å². The molecule has 0 aliphatic carbocycles. The fourth-order valence-corrected chi connectivity index (χ4v) is 1.60. The number of methoxy groups -OCH3 is 1. The standard InChI is InChI=1S/C12H11N3O4/c1-19-12(16)10-4-2-9(3-5-10)6-14-7-11(13-8-14)15(17)18/h2-5,7-8H,6H2,1H3. The maximum absolute atomic E-state index is 11.2. The van der Waals surface area contributed by atoms with Crippen LogP contribution in [0.2, 0.25) is 0 Å². The summed E-state index contributed by atoms with van der Waals surface area (Å²) in [4.78, 5) is 24.9. The Hall–Kier alpha value is -2.70. The summed E-state index contributed by atoms with van der Waals surface area (Å²) in [7, 11) is 1.32. The Morgan fingerprint density at radius 3 is 2.63 bits per heavy atom. The highest BCUT2D eigenvalue weighted by Crippen LogP contribution is 2.10. The second-order valence-corrected chi connectivity index (χ2v) is 3.85. The van der Waals surface area contributed by atoms with Crippen LogP contribution in [0.1, 0.15) is 15.9 Å². The van der Waals surface area contributed by atoms with Crippen molar-refractivity contribution in [1.82, 2.24) is 9.55 Å². The van der Waals surface area contributed by atoms with Gasteiger partial charge in [-0.3, -0.25) is 0 Å². The molecule has 2 rings (SSSR count). The van der Waals surface area contributed by atoms with Gasteiger partial charge in [0, 0.05) is 0 Å². The van der Waals surface area contributed by atoms with Crippen molar-refractivity contribution in [3.8, 4) is 0 Å². The Labute approximate surface area is 108 Å². The van der Waals surface area contributed by atoms with Gasteiger partial charge in [-0.05, 0) is 27.6 Å². The van der Waals surface area contributed by atoms with E-state index in [0.717, 1.165) is 5.56 Å². The van der Waals surface area contributed by atoms with E-state index >= 15 is 0 Å². The average molecular weight is 261 g/mol. The number of aromatic nitrogens is 2. The molecule has 1 aromatic carbocycles. The maximum atomic E-state index is 11.2. The minimum Gasteiger partial charge on any atom is -0.465 e. The second kappa shape index (κ2) is 5.30. The molecule has 0 atom stereocenters. The van der Waals surface area contributed by atoms with Gasteiger partial charge < -0.3 is 19.4 Å². The zero-order valence-corrected chi connectivity index (χ0v) is 10.1. The number of ether oxygens (including phenoxy) is 1. The van der Waals surface area contributed by atoms with Crippen molar-refractivity contribution in [2.24, 2.45) is 0 Å². The molecule has 1 heterocycles. The topological polar surface area (TPSA) is 87.3 Å². The van der Waals surface area contributed by atoms with Crippen LogP contribution in [0.4, 0.5) is 5.82 Å². The molecule has 0 unspecified atom stereocenters. The smallest absolute Gasteiger partial charge is 0.381 e. The summed E-state index contributed by atoms with van der Waals surface area (Å²) in [5.41, 5.74) is 1.36. The van der Waals surface area contributed by atoms with Gasteiger partial charge in [0.15, 0.2) is 0 Å². The molecular formula is C12H11N3O4. The zero-order valence-electron chi connectivity index (χ0n) is 10.1. The number of benzene rings is 1. The number of carbonyl (C=O) groups is 1. The number of carbonyl (C=O) groups excluding carboxylic acids is 1. The molecule has 0 saturated carbocycles. The van der Waals surface area contributed by atoms with E-state index in [1.54, 1.807) is 28.8 Å². The largest absolute Gasteiger partial charge is 0.465 e. The minimum absolute atomic E-state index is 0.189. The van der Waals surface area contributed by atoms with Crippen molar-refractivity contribution in [3.05, 3.63) is 58.0 Å². The van der Waals surface area contributed by atoms with Gasteiger partial charge in [-0.1, -0.05) is 12.1 Å². The van der Waals surface area contributed by atoms with Crippen LogP contribution in [0.5, 0.6) is 0 Å². The van der Waals surface area contributed by atoms with Gasteiger partial charge in [-0.25, -0.2) is 4.79 Å². The van der Waals surface area contributed by atoms with Crippen molar-refractivity contribution in [2.75, 3.05) is 7.11 Å². The number of esters is 1. The summed E-state index contributed by atoms with van der Waals surface area (Å²) in [5.74, 6) is -0.587. The number of imidazole rings is 1. The van der Waals surface area contributed by atoms with Crippen LogP contribution in [-0.4, -0.2) is 27.6 Å². The van der Waals surface area contributed by atoms with Crippen molar-refractivity contribution >= 4 is 11.8 Å². The average Bonchev–Trinajstić information content (AvgIpc) is 2.87. The fraction of sp³-hybridized carbons (Fsp3) is 0.167. The molecule has 0 radical (unpaired) electrons. The number of hydrogen-bond donors (Lipinski definition) is 0. The van der Waals surface area contributed by atoms with Crippen LogP contribution < -0.4 is 0 Å². The van der Waals surface area contributed by atoms with Gasteiger partial charge in [0.1, 0.15) is 6.20 Å². The lowest BCUT2D eigenvalue weighted by Crippen LogP contribution is -2.02. The van der Waals surface area contributed by atoms with Gasteiger partial charge in [-0.15, -0.1) is 0 Å². The Balaban J connectivity index is 2.10. The van der Waals surface area contributed by atoms with Crippen LogP contribution in [-0.2, 0) is 11.3 Å². The van der Waals surface area contributed by atoms with Gasteiger partial charge in [0.25, 0.3) is 0 Å². The highest BCUT2D eigenvalue weighted by Gasteiger charge is 2.10. The summed E-state index contributed by atoms with van der Waals surface area (Å²) in [6.07, 6.45) is 2.75. The molecule has 19 heavy (non-hydrogen) atoms. The van der Waals surface area contributed by atoms with Gasteiger partial charge >= 0.3 is 11.8 Å². The molecular weight excluding hydrogens is 250 g/mol. The third-order valence-electron chi connectivity index (χ3n) is 2.55. The molecule has 2 aromatic rings. The van der Waals surface area contributed by atoms with Crippen LogP contribution in [0, 0.1) is 10.1 Å². The zero-order chi connectivity index (χ0) is 13.8. The normalized spacial score (nSPS) is 10.2. The van der Waals surface area contributed by atoms with Gasteiger partial charge in [0.2, 0.25) is 6.33 Å². The molecule has 7 nitrogen and oxygen atoms in total. The van der Waals surface area contributed by atoms with Gasteiger partial charge in [0.05, 0.1) is 19.2 Å². The molecule has 7 heteroatoms. The summed E-state index contributed by atoms with van der Waals surface area (Å²) in [5, 5.41) is 10.5. The second-order valence-electron chi connectivity index (χ2n) is 3.85. The van der Waals surface area contributed by atoms with E-state index in [0.29, 0.717) is 12.1 Å². The summed E-state index contributed by atoms with van der Waals surface area (Å²) in [6, 6.07) is 6.81. The molecule has 0 spiro atoms. The van der Waals surface area contributed by atoms with E-state index in [4.69, 9.17) is 0 Å². The van der Waals surface area contributed by atoms with Crippen LogP contribution >= 0.6 is 0 Å². The predicted molar refractivity (Wildman–Crippen MR) is 65.8 cm³/mol. The lowest BCUT2D eigenvalue weighted by atomic mass is 10.1. The van der Waals surface area contributed by atoms with Crippen LogP contribution in [0.25, 0.3) is 0 Å². The fourth-order valence-electron chi connectivity index (χ4n) is 1.60. The molecule has 0 N–H and O–H groups in total. The monoisotopic (exact) mass is 261 g/mol. The Kier molecular flexibility index (Phi) is 3.56. The van der Waals surface area contributed by atoms with Crippen molar-refractivity contribution < 1.29 is 14.5 Å². The van der Waals surface area contributed by atoms with Gasteiger partial charge in [-0.2, -0.15) is 0 Å². The van der Waals surface area contributed by atoms with Crippen LogP contribution in [0.15, 0.2) is 36.8 Å². The Morgan fingerprint density at radius 1 is 1.42 bits per heavy atom. The first-order chi connectivity index (χ1) is 9.10. The van der Waals surface area contributed by atoms with E-state index in [1.807, 2.05) is 0 Å². The summed E-state index contributed by atoms with van der Waals surface area (Å²) < 4.78 is 6.20. The van der Waals surface area contributed by atoms with Crippen LogP contribution in [0.3, 0.4) is 0 Å². The van der Waals surface area contributed by atoms with E-state index < -0.39 is 10.9 Å². The number of nitro groups is 1. The van der Waals surface area contributed by atoms with Crippen molar-refractivity contribution in [1.29, 1.82) is 0 Å². The first kappa shape index (κ1) is 12.7. The molecule has 0 aliphatic rings. The van der Waals surface area contributed by atoms with E-state index in [1.165, 1.54) is 19.6 Å². The SMILES string of the molecule is COC(=O)c1ccc(Cn2cnc([N+](=O)[O-])c2)cc1. The Bertz CT molecular complexity index is 604. The first-order valence-corrected chi connectivity index (χ1v) is 5.43.